The molecule has 0 saturated carbocycles. The molecule has 4 unspecified atom stereocenters. The van der Waals surface area contributed by atoms with Gasteiger partial charge in [-0.25, -0.2) is 22.0 Å². The van der Waals surface area contributed by atoms with Crippen LogP contribution < -0.4 is 0 Å². The molecular formula is C7H7F5. The highest BCUT2D eigenvalue weighted by Crippen LogP contribution is 2.25. The summed E-state index contributed by atoms with van der Waals surface area (Å²) in [6.07, 6.45) is -11.5. The molecule has 0 nitrogen and oxygen atoms in total. The van der Waals surface area contributed by atoms with Crippen LogP contribution in [0.4, 0.5) is 22.0 Å². The SMILES string of the molecule is FC1C=CC(F)C(F)C(F)C1F. The largest absolute Gasteiger partial charge is 0.241 e. The Labute approximate surface area is 66.1 Å². The van der Waals surface area contributed by atoms with Gasteiger partial charge in [-0.05, 0) is 12.2 Å². The topological polar surface area (TPSA) is 0 Å². The number of allylic oxidation sites excluding steroid dienone is 2. The zero-order chi connectivity index (χ0) is 9.30. The molecule has 0 aromatic rings. The van der Waals surface area contributed by atoms with E-state index in [-0.39, 0.29) is 0 Å². The van der Waals surface area contributed by atoms with Gasteiger partial charge in [-0.15, -0.1) is 0 Å². The van der Waals surface area contributed by atoms with Crippen LogP contribution in [0.3, 0.4) is 0 Å². The van der Waals surface area contributed by atoms with Gasteiger partial charge in [-0.2, -0.15) is 0 Å². The van der Waals surface area contributed by atoms with E-state index in [1.165, 1.54) is 0 Å². The van der Waals surface area contributed by atoms with E-state index in [1.54, 1.807) is 0 Å². The summed E-state index contributed by atoms with van der Waals surface area (Å²) < 4.78 is 62.2. The van der Waals surface area contributed by atoms with E-state index in [0.29, 0.717) is 12.2 Å². The van der Waals surface area contributed by atoms with Crippen molar-refractivity contribution in [2.45, 2.75) is 30.9 Å². The molecule has 0 bridgehead atoms. The molecule has 0 saturated heterocycles. The molecule has 0 aromatic heterocycles. The molecule has 4 atom stereocenters. The van der Waals surface area contributed by atoms with Crippen LogP contribution in [0.25, 0.3) is 0 Å². The molecule has 0 aromatic carbocycles. The predicted octanol–water partition coefficient (Wildman–Crippen LogP) is 2.25. The van der Waals surface area contributed by atoms with Gasteiger partial charge in [-0.1, -0.05) is 0 Å². The van der Waals surface area contributed by atoms with Crippen molar-refractivity contribution in [2.24, 2.45) is 0 Å². The third-order valence-corrected chi connectivity index (χ3v) is 1.70. The van der Waals surface area contributed by atoms with E-state index in [1.807, 2.05) is 0 Å². The molecule has 0 heterocycles. The summed E-state index contributed by atoms with van der Waals surface area (Å²) >= 11 is 0. The van der Waals surface area contributed by atoms with Gasteiger partial charge in [0.25, 0.3) is 0 Å². The summed E-state index contributed by atoms with van der Waals surface area (Å²) in [6, 6.07) is 0. The van der Waals surface area contributed by atoms with E-state index < -0.39 is 30.9 Å². The third-order valence-electron chi connectivity index (χ3n) is 1.70. The van der Waals surface area contributed by atoms with E-state index in [4.69, 9.17) is 0 Å². The van der Waals surface area contributed by atoms with Crippen molar-refractivity contribution in [1.29, 1.82) is 0 Å². The summed E-state index contributed by atoms with van der Waals surface area (Å²) in [7, 11) is 0. The molecule has 1 aliphatic rings. The second-order valence-electron chi connectivity index (χ2n) is 2.61. The maximum absolute atomic E-state index is 12.5. The number of rotatable bonds is 0. The van der Waals surface area contributed by atoms with Crippen LogP contribution >= 0.6 is 0 Å². The summed E-state index contributed by atoms with van der Waals surface area (Å²) in [5.74, 6) is 0. The van der Waals surface area contributed by atoms with Gasteiger partial charge in [-0.3, -0.25) is 0 Å². The maximum Gasteiger partial charge on any atom is 0.169 e. The molecule has 0 amide bonds. The third kappa shape index (κ3) is 1.59. The fraction of sp³-hybridized carbons (Fsp3) is 0.714. The first kappa shape index (κ1) is 9.48. The van der Waals surface area contributed by atoms with Gasteiger partial charge in [0, 0.05) is 0 Å². The Morgan fingerprint density at radius 2 is 0.917 bits per heavy atom. The highest BCUT2D eigenvalue weighted by Gasteiger charge is 2.41. The Hall–Kier alpha value is -0.610. The molecule has 0 spiro atoms. The molecule has 1 aliphatic carbocycles. The Bertz CT molecular complexity index is 163. The van der Waals surface area contributed by atoms with Crippen LogP contribution in [0.15, 0.2) is 12.2 Å². The van der Waals surface area contributed by atoms with Gasteiger partial charge < -0.3 is 0 Å². The zero-order valence-electron chi connectivity index (χ0n) is 5.93. The Kier molecular flexibility index (Phi) is 2.69. The van der Waals surface area contributed by atoms with Gasteiger partial charge in [0.2, 0.25) is 0 Å². The first-order valence-corrected chi connectivity index (χ1v) is 3.42. The molecule has 1 rings (SSSR count). The van der Waals surface area contributed by atoms with Crippen LogP contribution in [-0.2, 0) is 0 Å². The van der Waals surface area contributed by atoms with Crippen molar-refractivity contribution in [3.63, 3.8) is 0 Å². The second kappa shape index (κ2) is 3.41. The number of hydrogen-bond acceptors (Lipinski definition) is 0. The molecule has 0 N–H and O–H groups in total. The van der Waals surface area contributed by atoms with Gasteiger partial charge in [0.05, 0.1) is 0 Å². The molecule has 70 valence electrons. The molecule has 0 radical (unpaired) electrons. The lowest BCUT2D eigenvalue weighted by Crippen LogP contribution is -2.36. The molecular weight excluding hydrogens is 179 g/mol. The van der Waals surface area contributed by atoms with Crippen molar-refractivity contribution < 1.29 is 22.0 Å². The van der Waals surface area contributed by atoms with Crippen LogP contribution in [0, 0.1) is 0 Å². The lowest BCUT2D eigenvalue weighted by molar-refractivity contribution is 0.0294. The van der Waals surface area contributed by atoms with E-state index in [9.17, 15) is 22.0 Å². The van der Waals surface area contributed by atoms with Gasteiger partial charge in [0.15, 0.2) is 30.9 Å². The lowest BCUT2D eigenvalue weighted by Gasteiger charge is -2.16. The van der Waals surface area contributed by atoms with Crippen LogP contribution in [0.5, 0.6) is 0 Å². The molecule has 0 fully saturated rings. The standard InChI is InChI=1S/C7H7F5/c8-3-1-2-4(9)6(11)7(12)5(3)10/h1-7H. The lowest BCUT2D eigenvalue weighted by atomic mass is 10.1. The van der Waals surface area contributed by atoms with Crippen molar-refractivity contribution in [3.8, 4) is 0 Å². The normalized spacial score (nSPS) is 48.9. The smallest absolute Gasteiger partial charge is 0.169 e. The average molecular weight is 186 g/mol. The van der Waals surface area contributed by atoms with E-state index >= 15 is 0 Å². The predicted molar refractivity (Wildman–Crippen MR) is 33.6 cm³/mol. The molecule has 5 heteroatoms. The number of alkyl halides is 5. The minimum atomic E-state index is -2.73. The van der Waals surface area contributed by atoms with Crippen molar-refractivity contribution in [3.05, 3.63) is 12.2 Å². The summed E-state index contributed by atoms with van der Waals surface area (Å²) in [4.78, 5) is 0. The maximum atomic E-state index is 12.5. The average Bonchev–Trinajstić information content (AvgIpc) is 2.14. The molecule has 12 heavy (non-hydrogen) atoms. The fourth-order valence-corrected chi connectivity index (χ4v) is 0.951. The Morgan fingerprint density at radius 3 is 1.25 bits per heavy atom. The summed E-state index contributed by atoms with van der Waals surface area (Å²) in [5, 5.41) is 0. The first-order chi connectivity index (χ1) is 5.54. The quantitative estimate of drug-likeness (QED) is 0.402. The Morgan fingerprint density at radius 1 is 0.583 bits per heavy atom. The summed E-state index contributed by atoms with van der Waals surface area (Å²) in [6.45, 7) is 0. The van der Waals surface area contributed by atoms with E-state index in [0.717, 1.165) is 0 Å². The highest BCUT2D eigenvalue weighted by atomic mass is 19.2. The fourth-order valence-electron chi connectivity index (χ4n) is 0.951. The van der Waals surface area contributed by atoms with Crippen molar-refractivity contribution in [1.82, 2.24) is 0 Å². The second-order valence-corrected chi connectivity index (χ2v) is 2.61. The van der Waals surface area contributed by atoms with Crippen LogP contribution in [-0.4, -0.2) is 30.9 Å². The van der Waals surface area contributed by atoms with Gasteiger partial charge in [0.1, 0.15) is 0 Å². The Balaban J connectivity index is 2.79. The highest BCUT2D eigenvalue weighted by molar-refractivity contribution is 5.07. The zero-order valence-corrected chi connectivity index (χ0v) is 5.93. The molecule has 0 aliphatic heterocycles. The van der Waals surface area contributed by atoms with Crippen molar-refractivity contribution >= 4 is 0 Å². The van der Waals surface area contributed by atoms with Crippen LogP contribution in [0.1, 0.15) is 0 Å². The first-order valence-electron chi connectivity index (χ1n) is 3.42. The van der Waals surface area contributed by atoms with Gasteiger partial charge >= 0.3 is 0 Å². The van der Waals surface area contributed by atoms with Crippen LogP contribution in [0.2, 0.25) is 0 Å². The van der Waals surface area contributed by atoms with Crippen molar-refractivity contribution in [2.75, 3.05) is 0 Å². The number of halogens is 5. The minimum absolute atomic E-state index is 0.501. The van der Waals surface area contributed by atoms with E-state index in [2.05, 4.69) is 0 Å². The minimum Gasteiger partial charge on any atom is -0.241 e. The summed E-state index contributed by atoms with van der Waals surface area (Å²) in [5.41, 5.74) is 0. The number of hydrogen-bond donors (Lipinski definition) is 0. The monoisotopic (exact) mass is 186 g/mol.